The number of aromatic nitrogens is 2. The van der Waals surface area contributed by atoms with Gasteiger partial charge in [-0.25, -0.2) is 13.4 Å². The van der Waals surface area contributed by atoms with Gasteiger partial charge in [0.05, 0.1) is 22.0 Å². The highest BCUT2D eigenvalue weighted by Gasteiger charge is 2.38. The molecule has 186 valence electrons. The molecule has 0 atom stereocenters. The van der Waals surface area contributed by atoms with Crippen molar-refractivity contribution in [2.75, 3.05) is 10.0 Å². The van der Waals surface area contributed by atoms with Crippen LogP contribution in [-0.4, -0.2) is 35.9 Å². The van der Waals surface area contributed by atoms with Crippen LogP contribution in [0.3, 0.4) is 0 Å². The fourth-order valence-corrected chi connectivity index (χ4v) is 5.61. The van der Waals surface area contributed by atoms with Gasteiger partial charge in [-0.2, -0.15) is 0 Å². The van der Waals surface area contributed by atoms with Crippen LogP contribution < -0.4 is 14.8 Å². The lowest BCUT2D eigenvalue weighted by Crippen LogP contribution is -2.35. The van der Waals surface area contributed by atoms with Gasteiger partial charge in [0, 0.05) is 23.3 Å². The first-order chi connectivity index (χ1) is 16.3. The number of hydrogen-bond acceptors (Lipinski definition) is 7. The normalized spacial score (nSPS) is 14.4. The van der Waals surface area contributed by atoms with E-state index in [0.717, 1.165) is 11.3 Å². The van der Waals surface area contributed by atoms with E-state index in [1.165, 1.54) is 49.8 Å². The van der Waals surface area contributed by atoms with E-state index in [1.54, 1.807) is 12.1 Å². The summed E-state index contributed by atoms with van der Waals surface area (Å²) in [6.07, 6.45) is -0.781. The number of halogens is 3. The number of nitrogens with one attached hydrogen (secondary N) is 2. The number of amides is 1. The largest absolute Gasteiger partial charge is 0.573 e. The molecule has 0 aliphatic heterocycles. The smallest absolute Gasteiger partial charge is 0.404 e. The summed E-state index contributed by atoms with van der Waals surface area (Å²) in [5, 5.41) is 3.70. The molecule has 0 saturated heterocycles. The summed E-state index contributed by atoms with van der Waals surface area (Å²) in [6.45, 7) is 3.07. The van der Waals surface area contributed by atoms with E-state index >= 15 is 0 Å². The Kier molecular flexibility index (Phi) is 6.49. The minimum absolute atomic E-state index is 0.120. The molecule has 13 heteroatoms. The van der Waals surface area contributed by atoms with Gasteiger partial charge in [0.1, 0.15) is 0 Å². The Morgan fingerprint density at radius 2 is 1.91 bits per heavy atom. The monoisotopic (exact) mass is 526 g/mol. The van der Waals surface area contributed by atoms with E-state index in [1.807, 2.05) is 0 Å². The van der Waals surface area contributed by atoms with Gasteiger partial charge in [0.2, 0.25) is 15.9 Å². The van der Waals surface area contributed by atoms with E-state index in [9.17, 15) is 26.4 Å². The van der Waals surface area contributed by atoms with E-state index in [-0.39, 0.29) is 16.5 Å². The average Bonchev–Trinajstić information content (AvgIpc) is 3.55. The maximum absolute atomic E-state index is 13.1. The summed E-state index contributed by atoms with van der Waals surface area (Å²) >= 11 is 1.02. The lowest BCUT2D eigenvalue weighted by Gasteiger charge is -2.23. The van der Waals surface area contributed by atoms with E-state index in [0.29, 0.717) is 24.0 Å². The number of thiazole rings is 1. The number of nitrogens with zero attached hydrogens (tertiary/aromatic N) is 2. The van der Waals surface area contributed by atoms with E-state index in [4.69, 9.17) is 0 Å². The first-order valence-electron chi connectivity index (χ1n) is 10.4. The molecule has 0 radical (unpaired) electrons. The molecule has 1 fully saturated rings. The molecule has 3 aromatic rings. The molecule has 0 bridgehead atoms. The summed E-state index contributed by atoms with van der Waals surface area (Å²) in [4.78, 5) is 21.3. The summed E-state index contributed by atoms with van der Waals surface area (Å²) in [5.74, 6) is -1.24. The predicted octanol–water partition coefficient (Wildman–Crippen LogP) is 4.92. The second-order valence-corrected chi connectivity index (χ2v) is 11.3. The molecule has 35 heavy (non-hydrogen) atoms. The van der Waals surface area contributed by atoms with Gasteiger partial charge in [-0.15, -0.1) is 24.5 Å². The van der Waals surface area contributed by atoms with Crippen molar-refractivity contribution in [3.8, 4) is 16.9 Å². The first-order valence-corrected chi connectivity index (χ1v) is 12.9. The molecule has 1 aliphatic carbocycles. The predicted molar refractivity (Wildman–Crippen MR) is 126 cm³/mol. The van der Waals surface area contributed by atoms with Crippen LogP contribution in [0.2, 0.25) is 0 Å². The lowest BCUT2D eigenvalue weighted by atomic mass is 9.89. The maximum atomic E-state index is 13.1. The Hall–Kier alpha value is -3.19. The summed E-state index contributed by atoms with van der Waals surface area (Å²) in [5.41, 5.74) is -0.225. The van der Waals surface area contributed by atoms with Crippen molar-refractivity contribution in [1.82, 2.24) is 9.97 Å². The Labute approximate surface area is 203 Å². The third kappa shape index (κ3) is 5.90. The van der Waals surface area contributed by atoms with Gasteiger partial charge in [0.15, 0.2) is 10.9 Å². The zero-order valence-corrected chi connectivity index (χ0v) is 20.2. The number of alkyl halides is 3. The van der Waals surface area contributed by atoms with Gasteiger partial charge < -0.3 is 10.1 Å². The molecule has 2 N–H and O–H groups in total. The van der Waals surface area contributed by atoms with Gasteiger partial charge in [-0.05, 0) is 50.5 Å². The lowest BCUT2D eigenvalue weighted by molar-refractivity contribution is -0.274. The highest BCUT2D eigenvalue weighted by atomic mass is 32.2. The number of anilines is 2. The van der Waals surface area contributed by atoms with E-state index < -0.39 is 38.7 Å². The molecule has 1 aliphatic rings. The molecule has 0 spiro atoms. The first kappa shape index (κ1) is 24.9. The SMILES string of the molecule is CC(C)(C(=O)Nc1ccc(-c2cccnc2)cc1OC(F)(F)F)c1csc(NS(=O)(=O)C2CC2)n1. The van der Waals surface area contributed by atoms with Crippen molar-refractivity contribution in [1.29, 1.82) is 0 Å². The van der Waals surface area contributed by atoms with Crippen LogP contribution >= 0.6 is 11.3 Å². The number of carbonyl (C=O) groups excluding carboxylic acids is 1. The number of benzene rings is 1. The summed E-state index contributed by atoms with van der Waals surface area (Å²) in [7, 11) is -3.52. The van der Waals surface area contributed by atoms with Crippen LogP contribution in [0.4, 0.5) is 24.0 Å². The highest BCUT2D eigenvalue weighted by Crippen LogP contribution is 2.37. The van der Waals surface area contributed by atoms with Crippen molar-refractivity contribution in [3.63, 3.8) is 0 Å². The fourth-order valence-electron chi connectivity index (χ4n) is 3.13. The highest BCUT2D eigenvalue weighted by molar-refractivity contribution is 7.93. The Balaban J connectivity index is 1.57. The van der Waals surface area contributed by atoms with Crippen molar-refractivity contribution in [2.45, 2.75) is 43.7 Å². The number of sulfonamides is 1. The zero-order valence-electron chi connectivity index (χ0n) is 18.6. The standard InChI is InChI=1S/C22H21F3N4O4S2/c1-21(2,18-12-34-20(28-18)29-35(31,32)15-6-7-15)19(30)27-16-8-5-13(14-4-3-9-26-11-14)10-17(16)33-22(23,24)25/h3-5,8-12,15H,6-7H2,1-2H3,(H,27,30)(H,28,29). The maximum Gasteiger partial charge on any atom is 0.573 e. The molecule has 2 aromatic heterocycles. The number of pyridine rings is 1. The van der Waals surface area contributed by atoms with E-state index in [2.05, 4.69) is 24.7 Å². The molecule has 1 saturated carbocycles. The second kappa shape index (κ2) is 9.11. The summed E-state index contributed by atoms with van der Waals surface area (Å²) < 4.78 is 70.1. The quantitative estimate of drug-likeness (QED) is 0.431. The van der Waals surface area contributed by atoms with Crippen LogP contribution in [0.15, 0.2) is 48.1 Å². The Bertz CT molecular complexity index is 1340. The fraction of sp³-hybridized carbons (Fsp3) is 0.318. The minimum atomic E-state index is -4.98. The Morgan fingerprint density at radius 3 is 2.54 bits per heavy atom. The molecule has 4 rings (SSSR count). The van der Waals surface area contributed by atoms with Crippen LogP contribution in [0, 0.1) is 0 Å². The number of rotatable bonds is 8. The number of carbonyl (C=O) groups is 1. The summed E-state index contributed by atoms with van der Waals surface area (Å²) in [6, 6.07) is 7.34. The third-order valence-electron chi connectivity index (χ3n) is 5.36. The van der Waals surface area contributed by atoms with Crippen LogP contribution in [-0.2, 0) is 20.2 Å². The van der Waals surface area contributed by atoms with Gasteiger partial charge in [0.25, 0.3) is 0 Å². The van der Waals surface area contributed by atoms with Crippen LogP contribution in [0.5, 0.6) is 5.75 Å². The van der Waals surface area contributed by atoms with Crippen LogP contribution in [0.25, 0.3) is 11.1 Å². The molecule has 8 nitrogen and oxygen atoms in total. The average molecular weight is 527 g/mol. The number of ether oxygens (including phenoxy) is 1. The molecule has 1 amide bonds. The van der Waals surface area contributed by atoms with Crippen molar-refractivity contribution in [2.24, 2.45) is 0 Å². The van der Waals surface area contributed by atoms with Gasteiger partial charge in [-0.3, -0.25) is 14.5 Å². The second-order valence-electron chi connectivity index (χ2n) is 8.46. The molecular weight excluding hydrogens is 505 g/mol. The van der Waals surface area contributed by atoms with Gasteiger partial charge in [-0.1, -0.05) is 12.1 Å². The van der Waals surface area contributed by atoms with Crippen molar-refractivity contribution in [3.05, 3.63) is 53.8 Å². The minimum Gasteiger partial charge on any atom is -0.404 e. The molecular formula is C22H21F3N4O4S2. The number of hydrogen-bond donors (Lipinski definition) is 2. The van der Waals surface area contributed by atoms with Crippen molar-refractivity contribution >= 4 is 38.1 Å². The molecule has 1 aromatic carbocycles. The third-order valence-corrected chi connectivity index (χ3v) is 8.07. The zero-order chi connectivity index (χ0) is 25.4. The van der Waals surface area contributed by atoms with Crippen molar-refractivity contribution < 1.29 is 31.1 Å². The Morgan fingerprint density at radius 1 is 1.17 bits per heavy atom. The van der Waals surface area contributed by atoms with Gasteiger partial charge >= 0.3 is 6.36 Å². The van der Waals surface area contributed by atoms with Crippen LogP contribution in [0.1, 0.15) is 32.4 Å². The topological polar surface area (TPSA) is 110 Å². The molecule has 2 heterocycles. The molecule has 0 unspecified atom stereocenters.